The maximum absolute atomic E-state index is 13.7. The number of hydrogen-bond donors (Lipinski definition) is 2. The van der Waals surface area contributed by atoms with Gasteiger partial charge in [0, 0.05) is 23.6 Å². The third-order valence-electron chi connectivity index (χ3n) is 4.13. The average Bonchev–Trinajstić information content (AvgIpc) is 3.13. The summed E-state index contributed by atoms with van der Waals surface area (Å²) in [7, 11) is 0. The van der Waals surface area contributed by atoms with Gasteiger partial charge in [0.1, 0.15) is 29.8 Å². The van der Waals surface area contributed by atoms with Crippen LogP contribution in [-0.2, 0) is 4.74 Å². The molecule has 26 heavy (non-hydrogen) atoms. The molecule has 1 fully saturated rings. The van der Waals surface area contributed by atoms with E-state index in [1.165, 1.54) is 18.5 Å². The highest BCUT2D eigenvalue weighted by molar-refractivity contribution is 6.30. The summed E-state index contributed by atoms with van der Waals surface area (Å²) < 4.78 is 24.9. The topological polar surface area (TPSA) is 82.3 Å². The third-order valence-corrected chi connectivity index (χ3v) is 4.44. The monoisotopic (exact) mass is 374 g/mol. The van der Waals surface area contributed by atoms with E-state index < -0.39 is 5.82 Å². The molecular formula is C18H16ClFN4O2. The molecule has 1 aromatic heterocycles. The van der Waals surface area contributed by atoms with Gasteiger partial charge in [0.2, 0.25) is 0 Å². The normalized spacial score (nSPS) is 16.8. The number of nitrogens with zero attached hydrogens (tertiary/aromatic N) is 2. The lowest BCUT2D eigenvalue weighted by Gasteiger charge is -2.15. The van der Waals surface area contributed by atoms with Crippen molar-refractivity contribution in [1.82, 2.24) is 9.97 Å². The molecule has 0 amide bonds. The van der Waals surface area contributed by atoms with E-state index in [9.17, 15) is 4.39 Å². The minimum atomic E-state index is -0.510. The fourth-order valence-electron chi connectivity index (χ4n) is 2.80. The Kier molecular flexibility index (Phi) is 4.48. The Morgan fingerprint density at radius 1 is 1.27 bits per heavy atom. The fourth-order valence-corrected chi connectivity index (χ4v) is 2.92. The van der Waals surface area contributed by atoms with E-state index in [2.05, 4.69) is 15.3 Å². The van der Waals surface area contributed by atoms with Gasteiger partial charge in [-0.3, -0.25) is 0 Å². The SMILES string of the molecule is Nc1cc2c(Nc3ccc(Cl)c(F)c3)ncnc2cc1OC1CCOC1. The molecule has 4 rings (SSSR count). The predicted molar refractivity (Wildman–Crippen MR) is 98.5 cm³/mol. The number of fused-ring (bicyclic) bond motifs is 1. The highest BCUT2D eigenvalue weighted by atomic mass is 35.5. The number of benzene rings is 2. The minimum absolute atomic E-state index is 0.00812. The highest BCUT2D eigenvalue weighted by Crippen LogP contribution is 2.33. The molecule has 2 heterocycles. The van der Waals surface area contributed by atoms with Crippen LogP contribution in [0.4, 0.5) is 21.6 Å². The van der Waals surface area contributed by atoms with Gasteiger partial charge in [-0.25, -0.2) is 14.4 Å². The van der Waals surface area contributed by atoms with Gasteiger partial charge in [-0.1, -0.05) is 11.6 Å². The van der Waals surface area contributed by atoms with Crippen LogP contribution in [0.15, 0.2) is 36.7 Å². The number of nitrogens with two attached hydrogens (primary N) is 1. The first-order valence-electron chi connectivity index (χ1n) is 8.11. The van der Waals surface area contributed by atoms with Crippen LogP contribution in [0.3, 0.4) is 0 Å². The second-order valence-electron chi connectivity index (χ2n) is 5.99. The first kappa shape index (κ1) is 16.8. The first-order valence-corrected chi connectivity index (χ1v) is 8.48. The largest absolute Gasteiger partial charge is 0.486 e. The van der Waals surface area contributed by atoms with Crippen LogP contribution in [-0.4, -0.2) is 29.3 Å². The van der Waals surface area contributed by atoms with Gasteiger partial charge in [0.05, 0.1) is 29.4 Å². The molecule has 1 aliphatic rings. The molecule has 1 atom stereocenters. The number of ether oxygens (including phenoxy) is 2. The standard InChI is InChI=1S/C18H16ClFN4O2/c19-13-2-1-10(5-14(13)20)24-18-12-6-15(21)17(7-16(12)22-9-23-18)26-11-3-4-25-8-11/h1-2,5-7,9,11H,3-4,8,21H2,(H,22,23,24). The predicted octanol–water partition coefficient (Wildman–Crippen LogP) is 3.92. The van der Waals surface area contributed by atoms with Crippen molar-refractivity contribution < 1.29 is 13.9 Å². The maximum Gasteiger partial charge on any atom is 0.144 e. The third kappa shape index (κ3) is 3.36. The Morgan fingerprint density at radius 2 is 2.15 bits per heavy atom. The lowest BCUT2D eigenvalue weighted by atomic mass is 10.2. The van der Waals surface area contributed by atoms with Crippen LogP contribution in [0.5, 0.6) is 5.75 Å². The van der Waals surface area contributed by atoms with Crippen molar-refractivity contribution in [2.75, 3.05) is 24.3 Å². The van der Waals surface area contributed by atoms with Gasteiger partial charge < -0.3 is 20.5 Å². The molecule has 1 saturated heterocycles. The van der Waals surface area contributed by atoms with Gasteiger partial charge in [-0.2, -0.15) is 0 Å². The van der Waals surface area contributed by atoms with Crippen LogP contribution < -0.4 is 15.8 Å². The molecule has 3 N–H and O–H groups in total. The molecule has 3 aromatic rings. The average molecular weight is 375 g/mol. The zero-order chi connectivity index (χ0) is 18.1. The Hall–Kier alpha value is -2.64. The number of halogens is 2. The van der Waals surface area contributed by atoms with E-state index in [-0.39, 0.29) is 11.1 Å². The van der Waals surface area contributed by atoms with E-state index in [4.69, 9.17) is 26.8 Å². The van der Waals surface area contributed by atoms with E-state index in [0.717, 1.165) is 6.42 Å². The van der Waals surface area contributed by atoms with E-state index in [0.29, 0.717) is 47.1 Å². The molecule has 1 aliphatic heterocycles. The summed E-state index contributed by atoms with van der Waals surface area (Å²) in [5, 5.41) is 3.83. The van der Waals surface area contributed by atoms with Gasteiger partial charge in [-0.05, 0) is 24.3 Å². The summed E-state index contributed by atoms with van der Waals surface area (Å²) >= 11 is 5.72. The summed E-state index contributed by atoms with van der Waals surface area (Å²) in [6.07, 6.45) is 2.25. The van der Waals surface area contributed by atoms with E-state index in [1.807, 2.05) is 0 Å². The van der Waals surface area contributed by atoms with Crippen LogP contribution in [0.1, 0.15) is 6.42 Å². The van der Waals surface area contributed by atoms with Crippen molar-refractivity contribution in [1.29, 1.82) is 0 Å². The summed E-state index contributed by atoms with van der Waals surface area (Å²) in [4.78, 5) is 8.51. The van der Waals surface area contributed by atoms with Gasteiger partial charge in [-0.15, -0.1) is 0 Å². The molecule has 0 bridgehead atoms. The molecule has 0 radical (unpaired) electrons. The summed E-state index contributed by atoms with van der Waals surface area (Å²) in [5.74, 6) is 0.568. The van der Waals surface area contributed by atoms with E-state index >= 15 is 0 Å². The number of nitrogens with one attached hydrogen (secondary N) is 1. The van der Waals surface area contributed by atoms with Crippen molar-refractivity contribution in [3.63, 3.8) is 0 Å². The Morgan fingerprint density at radius 3 is 2.92 bits per heavy atom. The minimum Gasteiger partial charge on any atom is -0.486 e. The highest BCUT2D eigenvalue weighted by Gasteiger charge is 2.19. The number of rotatable bonds is 4. The molecule has 134 valence electrons. The van der Waals surface area contributed by atoms with Gasteiger partial charge in [0.15, 0.2) is 0 Å². The first-order chi connectivity index (χ1) is 12.6. The molecule has 6 nitrogen and oxygen atoms in total. The number of hydrogen-bond acceptors (Lipinski definition) is 6. The zero-order valence-corrected chi connectivity index (χ0v) is 14.5. The number of aromatic nitrogens is 2. The Bertz CT molecular complexity index is 963. The lowest BCUT2D eigenvalue weighted by Crippen LogP contribution is -2.16. The van der Waals surface area contributed by atoms with Crippen molar-refractivity contribution >= 4 is 39.7 Å². The van der Waals surface area contributed by atoms with Gasteiger partial charge >= 0.3 is 0 Å². The molecule has 0 aliphatic carbocycles. The molecule has 8 heteroatoms. The zero-order valence-electron chi connectivity index (χ0n) is 13.7. The maximum atomic E-state index is 13.7. The molecule has 2 aromatic carbocycles. The molecule has 0 saturated carbocycles. The Balaban J connectivity index is 1.67. The van der Waals surface area contributed by atoms with Crippen LogP contribution in [0.25, 0.3) is 10.9 Å². The van der Waals surface area contributed by atoms with Crippen molar-refractivity contribution in [3.05, 3.63) is 47.5 Å². The van der Waals surface area contributed by atoms with Crippen LogP contribution in [0.2, 0.25) is 5.02 Å². The number of nitrogen functional groups attached to an aromatic ring is 1. The second kappa shape index (κ2) is 6.93. The second-order valence-corrected chi connectivity index (χ2v) is 6.39. The summed E-state index contributed by atoms with van der Waals surface area (Å²) in [5.41, 5.74) is 7.81. The summed E-state index contributed by atoms with van der Waals surface area (Å²) in [6.45, 7) is 1.24. The van der Waals surface area contributed by atoms with E-state index in [1.54, 1.807) is 18.2 Å². The van der Waals surface area contributed by atoms with Crippen LogP contribution >= 0.6 is 11.6 Å². The fraction of sp³-hybridized carbons (Fsp3) is 0.222. The summed E-state index contributed by atoms with van der Waals surface area (Å²) in [6, 6.07) is 7.97. The molecule has 1 unspecified atom stereocenters. The molecule has 0 spiro atoms. The lowest BCUT2D eigenvalue weighted by molar-refractivity contribution is 0.142. The van der Waals surface area contributed by atoms with Crippen LogP contribution in [0, 0.1) is 5.82 Å². The van der Waals surface area contributed by atoms with Gasteiger partial charge in [0.25, 0.3) is 0 Å². The Labute approximate surface area is 154 Å². The molecular weight excluding hydrogens is 359 g/mol. The number of anilines is 3. The van der Waals surface area contributed by atoms with Crippen molar-refractivity contribution in [2.45, 2.75) is 12.5 Å². The van der Waals surface area contributed by atoms with Crippen molar-refractivity contribution in [2.24, 2.45) is 0 Å². The van der Waals surface area contributed by atoms with Crippen molar-refractivity contribution in [3.8, 4) is 5.75 Å². The smallest absolute Gasteiger partial charge is 0.144 e. The quantitative estimate of drug-likeness (QED) is 0.673.